The number of hydrogen-bond acceptors (Lipinski definition) is 7. The molecule has 0 bridgehead atoms. The largest absolute Gasteiger partial charge is 0.482 e. The van der Waals surface area contributed by atoms with Gasteiger partial charge in [-0.15, -0.1) is 10.2 Å². The molecule has 2 aromatic heterocycles. The van der Waals surface area contributed by atoms with Gasteiger partial charge in [-0.05, 0) is 30.2 Å². The predicted octanol–water partition coefficient (Wildman–Crippen LogP) is 3.37. The zero-order chi connectivity index (χ0) is 22.9. The summed E-state index contributed by atoms with van der Waals surface area (Å²) >= 11 is 0. The minimum atomic E-state index is -0.145. The van der Waals surface area contributed by atoms with Crippen LogP contribution in [0.15, 0.2) is 47.1 Å². The van der Waals surface area contributed by atoms with Gasteiger partial charge in [0, 0.05) is 31.6 Å². The highest BCUT2D eigenvalue weighted by molar-refractivity contribution is 5.96. The van der Waals surface area contributed by atoms with E-state index < -0.39 is 0 Å². The summed E-state index contributed by atoms with van der Waals surface area (Å²) in [6.45, 7) is 5.09. The standard InChI is InChI=1S/C24H24N6O3/c1-14-8-16(10-25-11-22-29-28-15(2)33-22)4-6-18(14)23-24(30(3)13-26-23)17-5-7-19-20(9-17)32-12-21(31)27-19/h4-9,13,25H,10-12H2,1-3H3,(H,27,31). The summed E-state index contributed by atoms with van der Waals surface area (Å²) in [5, 5.41) is 14.0. The summed E-state index contributed by atoms with van der Waals surface area (Å²) in [5.74, 6) is 1.66. The van der Waals surface area contributed by atoms with Crippen LogP contribution in [-0.4, -0.2) is 32.3 Å². The predicted molar refractivity (Wildman–Crippen MR) is 123 cm³/mol. The fraction of sp³-hybridized carbons (Fsp3) is 0.250. The Bertz CT molecular complexity index is 1340. The molecule has 5 rings (SSSR count). The topological polar surface area (TPSA) is 107 Å². The van der Waals surface area contributed by atoms with E-state index in [1.54, 1.807) is 6.92 Å². The number of benzene rings is 2. The quantitative estimate of drug-likeness (QED) is 0.469. The summed E-state index contributed by atoms with van der Waals surface area (Å²) in [6.07, 6.45) is 1.81. The van der Waals surface area contributed by atoms with Crippen molar-refractivity contribution in [2.75, 3.05) is 11.9 Å². The number of aryl methyl sites for hydroxylation is 3. The van der Waals surface area contributed by atoms with Crippen molar-refractivity contribution >= 4 is 11.6 Å². The molecule has 0 radical (unpaired) electrons. The van der Waals surface area contributed by atoms with E-state index >= 15 is 0 Å². The molecule has 33 heavy (non-hydrogen) atoms. The monoisotopic (exact) mass is 444 g/mol. The Hall–Kier alpha value is -3.98. The lowest BCUT2D eigenvalue weighted by molar-refractivity contribution is -0.118. The van der Waals surface area contributed by atoms with Crippen LogP contribution >= 0.6 is 0 Å². The van der Waals surface area contributed by atoms with E-state index in [4.69, 9.17) is 14.1 Å². The molecule has 168 valence electrons. The Labute approximate surface area is 190 Å². The third-order valence-corrected chi connectivity index (χ3v) is 5.54. The molecule has 9 nitrogen and oxygen atoms in total. The van der Waals surface area contributed by atoms with Gasteiger partial charge < -0.3 is 24.4 Å². The Kier molecular flexibility index (Phi) is 5.39. The molecule has 0 saturated carbocycles. The summed E-state index contributed by atoms with van der Waals surface area (Å²) in [6, 6.07) is 12.1. The molecule has 1 aliphatic heterocycles. The first-order chi connectivity index (χ1) is 16.0. The number of fused-ring (bicyclic) bond motifs is 1. The van der Waals surface area contributed by atoms with Crippen molar-refractivity contribution < 1.29 is 13.9 Å². The molecule has 0 unspecified atom stereocenters. The number of carbonyl (C=O) groups excluding carboxylic acids is 1. The number of aromatic nitrogens is 4. The lowest BCUT2D eigenvalue weighted by Crippen LogP contribution is -2.25. The van der Waals surface area contributed by atoms with E-state index in [9.17, 15) is 4.79 Å². The highest BCUT2D eigenvalue weighted by atomic mass is 16.5. The Balaban J connectivity index is 1.38. The molecule has 1 amide bonds. The molecule has 0 spiro atoms. The van der Waals surface area contributed by atoms with E-state index in [0.717, 1.165) is 33.6 Å². The molecule has 1 aliphatic rings. The second kappa shape index (κ2) is 8.51. The van der Waals surface area contributed by atoms with Crippen LogP contribution in [0.3, 0.4) is 0 Å². The maximum Gasteiger partial charge on any atom is 0.262 e. The van der Waals surface area contributed by atoms with E-state index in [2.05, 4.69) is 46.0 Å². The van der Waals surface area contributed by atoms with Gasteiger partial charge in [0.2, 0.25) is 11.8 Å². The normalized spacial score (nSPS) is 12.9. The first kappa shape index (κ1) is 20.9. The molecule has 2 N–H and O–H groups in total. The molecular weight excluding hydrogens is 420 g/mol. The molecule has 0 atom stereocenters. The van der Waals surface area contributed by atoms with Gasteiger partial charge in [0.15, 0.2) is 6.61 Å². The lowest BCUT2D eigenvalue weighted by atomic mass is 9.98. The van der Waals surface area contributed by atoms with Gasteiger partial charge in [0.1, 0.15) is 5.75 Å². The molecule has 0 saturated heterocycles. The summed E-state index contributed by atoms with van der Waals surface area (Å²) in [4.78, 5) is 16.3. The lowest BCUT2D eigenvalue weighted by Gasteiger charge is -2.19. The van der Waals surface area contributed by atoms with Crippen molar-refractivity contribution in [3.63, 3.8) is 0 Å². The molecule has 0 aliphatic carbocycles. The Morgan fingerprint density at radius 2 is 2.00 bits per heavy atom. The van der Waals surface area contributed by atoms with Crippen LogP contribution in [0.1, 0.15) is 22.9 Å². The molecule has 4 aromatic rings. The number of ether oxygens (including phenoxy) is 1. The number of nitrogens with one attached hydrogen (secondary N) is 2. The van der Waals surface area contributed by atoms with Crippen molar-refractivity contribution in [1.82, 2.24) is 25.1 Å². The molecule has 9 heteroatoms. The fourth-order valence-electron chi connectivity index (χ4n) is 4.01. The van der Waals surface area contributed by atoms with Crippen LogP contribution in [0.4, 0.5) is 5.69 Å². The number of amides is 1. The highest BCUT2D eigenvalue weighted by Crippen LogP contribution is 2.37. The second-order valence-electron chi connectivity index (χ2n) is 8.07. The fourth-order valence-corrected chi connectivity index (χ4v) is 4.01. The van der Waals surface area contributed by atoms with Gasteiger partial charge >= 0.3 is 0 Å². The maximum atomic E-state index is 11.6. The summed E-state index contributed by atoms with van der Waals surface area (Å²) < 4.78 is 13.0. The summed E-state index contributed by atoms with van der Waals surface area (Å²) in [7, 11) is 1.97. The van der Waals surface area contributed by atoms with E-state index in [-0.39, 0.29) is 12.5 Å². The highest BCUT2D eigenvalue weighted by Gasteiger charge is 2.20. The van der Waals surface area contributed by atoms with Gasteiger partial charge in [0.05, 0.1) is 29.9 Å². The van der Waals surface area contributed by atoms with E-state index in [0.29, 0.717) is 36.3 Å². The zero-order valence-corrected chi connectivity index (χ0v) is 18.7. The number of imidazole rings is 1. The average Bonchev–Trinajstić information content (AvgIpc) is 3.38. The van der Waals surface area contributed by atoms with Crippen molar-refractivity contribution in [1.29, 1.82) is 0 Å². The van der Waals surface area contributed by atoms with Gasteiger partial charge in [0.25, 0.3) is 5.91 Å². The van der Waals surface area contributed by atoms with Crippen molar-refractivity contribution in [2.45, 2.75) is 26.9 Å². The molecular formula is C24H24N6O3. The van der Waals surface area contributed by atoms with Crippen molar-refractivity contribution in [2.24, 2.45) is 7.05 Å². The van der Waals surface area contributed by atoms with E-state index in [1.807, 2.05) is 36.1 Å². The number of anilines is 1. The maximum absolute atomic E-state index is 11.6. The number of hydrogen-bond donors (Lipinski definition) is 2. The first-order valence-electron chi connectivity index (χ1n) is 10.7. The van der Waals surface area contributed by atoms with Gasteiger partial charge in [-0.3, -0.25) is 4.79 Å². The first-order valence-corrected chi connectivity index (χ1v) is 10.7. The average molecular weight is 444 g/mol. The molecule has 3 heterocycles. The van der Waals surface area contributed by atoms with Gasteiger partial charge in [-0.1, -0.05) is 24.3 Å². The van der Waals surface area contributed by atoms with Crippen LogP contribution in [0.5, 0.6) is 5.75 Å². The molecule has 0 fully saturated rings. The number of nitrogens with zero attached hydrogens (tertiary/aromatic N) is 4. The third-order valence-electron chi connectivity index (χ3n) is 5.54. The summed E-state index contributed by atoms with van der Waals surface area (Å²) in [5.41, 5.74) is 6.89. The minimum absolute atomic E-state index is 0.0232. The zero-order valence-electron chi connectivity index (χ0n) is 18.7. The molecule has 2 aromatic carbocycles. The second-order valence-corrected chi connectivity index (χ2v) is 8.07. The Morgan fingerprint density at radius 3 is 2.79 bits per heavy atom. The minimum Gasteiger partial charge on any atom is -0.482 e. The smallest absolute Gasteiger partial charge is 0.262 e. The third kappa shape index (κ3) is 4.22. The Morgan fingerprint density at radius 1 is 1.12 bits per heavy atom. The van der Waals surface area contributed by atoms with Crippen LogP contribution in [0, 0.1) is 13.8 Å². The SMILES string of the molecule is Cc1nnc(CNCc2ccc(-c3ncn(C)c3-c3ccc4c(c3)OCC(=O)N4)c(C)c2)o1. The van der Waals surface area contributed by atoms with E-state index in [1.165, 1.54) is 0 Å². The van der Waals surface area contributed by atoms with Crippen LogP contribution in [0.25, 0.3) is 22.5 Å². The van der Waals surface area contributed by atoms with Crippen LogP contribution in [-0.2, 0) is 24.9 Å². The van der Waals surface area contributed by atoms with Crippen LogP contribution < -0.4 is 15.4 Å². The van der Waals surface area contributed by atoms with Crippen LogP contribution in [0.2, 0.25) is 0 Å². The van der Waals surface area contributed by atoms with Crippen molar-refractivity contribution in [3.05, 3.63) is 65.6 Å². The van der Waals surface area contributed by atoms with Gasteiger partial charge in [-0.25, -0.2) is 4.98 Å². The number of carbonyl (C=O) groups is 1. The number of rotatable bonds is 6. The van der Waals surface area contributed by atoms with Crippen molar-refractivity contribution in [3.8, 4) is 28.3 Å². The van der Waals surface area contributed by atoms with Gasteiger partial charge in [-0.2, -0.15) is 0 Å².